The maximum atomic E-state index is 5.99. The van der Waals surface area contributed by atoms with Crippen LogP contribution in [0.2, 0.25) is 0 Å². The number of rotatable bonds is 5. The molecule has 0 bridgehead atoms. The van der Waals surface area contributed by atoms with Crippen molar-refractivity contribution in [3.05, 3.63) is 64.7 Å². The second kappa shape index (κ2) is 6.58. The van der Waals surface area contributed by atoms with Gasteiger partial charge in [0.15, 0.2) is 0 Å². The summed E-state index contributed by atoms with van der Waals surface area (Å²) in [5.41, 5.74) is 11.1. The molecule has 2 aromatic carbocycles. The van der Waals surface area contributed by atoms with Gasteiger partial charge in [0.25, 0.3) is 0 Å². The maximum Gasteiger partial charge on any atom is 0.121 e. The lowest BCUT2D eigenvalue weighted by molar-refractivity contribution is 0.411. The summed E-state index contributed by atoms with van der Waals surface area (Å²) in [6.07, 6.45) is 0.981. The van der Waals surface area contributed by atoms with Gasteiger partial charge in [-0.15, -0.1) is 0 Å². The summed E-state index contributed by atoms with van der Waals surface area (Å²) in [7, 11) is 1.70. The van der Waals surface area contributed by atoms with E-state index in [0.717, 1.165) is 17.7 Å². The van der Waals surface area contributed by atoms with Crippen LogP contribution >= 0.6 is 0 Å². The van der Waals surface area contributed by atoms with Crippen molar-refractivity contribution >= 4 is 0 Å². The van der Waals surface area contributed by atoms with Crippen LogP contribution < -0.4 is 10.5 Å². The van der Waals surface area contributed by atoms with Crippen LogP contribution in [-0.4, -0.2) is 13.7 Å². The SMILES string of the molecule is COc1ccc(C(CN)Cc2ccccc2C)cc1C. The molecule has 2 N–H and O–H groups in total. The first-order valence-electron chi connectivity index (χ1n) is 7.04. The molecule has 0 aliphatic carbocycles. The number of aryl methyl sites for hydroxylation is 2. The summed E-state index contributed by atoms with van der Waals surface area (Å²) >= 11 is 0. The summed E-state index contributed by atoms with van der Waals surface area (Å²) in [6.45, 7) is 4.88. The normalized spacial score (nSPS) is 12.2. The molecule has 106 valence electrons. The first kappa shape index (κ1) is 14.6. The molecule has 0 spiro atoms. The van der Waals surface area contributed by atoms with Crippen LogP contribution in [0.25, 0.3) is 0 Å². The minimum atomic E-state index is 0.348. The van der Waals surface area contributed by atoms with E-state index in [1.54, 1.807) is 7.11 Å². The molecule has 2 nitrogen and oxygen atoms in total. The van der Waals surface area contributed by atoms with E-state index in [0.29, 0.717) is 12.5 Å². The molecule has 0 saturated heterocycles. The fourth-order valence-electron chi connectivity index (χ4n) is 2.60. The zero-order chi connectivity index (χ0) is 14.5. The predicted molar refractivity (Wildman–Crippen MR) is 84.4 cm³/mol. The zero-order valence-corrected chi connectivity index (χ0v) is 12.5. The van der Waals surface area contributed by atoms with Gasteiger partial charge in [0.1, 0.15) is 5.75 Å². The first-order valence-corrected chi connectivity index (χ1v) is 7.04. The Morgan fingerprint density at radius 1 is 1.05 bits per heavy atom. The third kappa shape index (κ3) is 3.20. The van der Waals surface area contributed by atoms with Gasteiger partial charge in [-0.2, -0.15) is 0 Å². The quantitative estimate of drug-likeness (QED) is 0.900. The molecule has 2 rings (SSSR count). The third-order valence-corrected chi connectivity index (χ3v) is 3.90. The fraction of sp³-hybridized carbons (Fsp3) is 0.333. The molecule has 0 aliphatic heterocycles. The van der Waals surface area contributed by atoms with Crippen molar-refractivity contribution in [1.82, 2.24) is 0 Å². The summed E-state index contributed by atoms with van der Waals surface area (Å²) < 4.78 is 5.32. The lowest BCUT2D eigenvalue weighted by Gasteiger charge is -2.18. The predicted octanol–water partition coefficient (Wildman–Crippen LogP) is 3.60. The molecular weight excluding hydrogens is 246 g/mol. The molecule has 0 amide bonds. The van der Waals surface area contributed by atoms with Crippen LogP contribution in [0.1, 0.15) is 28.2 Å². The van der Waals surface area contributed by atoms with Gasteiger partial charge < -0.3 is 10.5 Å². The lowest BCUT2D eigenvalue weighted by atomic mass is 9.89. The first-order chi connectivity index (χ1) is 9.65. The van der Waals surface area contributed by atoms with Gasteiger partial charge in [0.05, 0.1) is 7.11 Å². The zero-order valence-electron chi connectivity index (χ0n) is 12.5. The van der Waals surface area contributed by atoms with Crippen LogP contribution in [0.5, 0.6) is 5.75 Å². The average molecular weight is 269 g/mol. The van der Waals surface area contributed by atoms with Gasteiger partial charge in [0.2, 0.25) is 0 Å². The van der Waals surface area contributed by atoms with E-state index in [1.807, 2.05) is 6.07 Å². The van der Waals surface area contributed by atoms with Crippen molar-refractivity contribution < 1.29 is 4.74 Å². The highest BCUT2D eigenvalue weighted by Gasteiger charge is 2.13. The highest BCUT2D eigenvalue weighted by Crippen LogP contribution is 2.26. The van der Waals surface area contributed by atoms with E-state index in [2.05, 4.69) is 50.2 Å². The minimum absolute atomic E-state index is 0.348. The van der Waals surface area contributed by atoms with Crippen LogP contribution in [0.4, 0.5) is 0 Å². The third-order valence-electron chi connectivity index (χ3n) is 3.90. The van der Waals surface area contributed by atoms with Crippen molar-refractivity contribution in [2.24, 2.45) is 5.73 Å². The molecule has 1 atom stereocenters. The Morgan fingerprint density at radius 2 is 1.80 bits per heavy atom. The van der Waals surface area contributed by atoms with Crippen LogP contribution in [0, 0.1) is 13.8 Å². The van der Waals surface area contributed by atoms with Crippen molar-refractivity contribution in [3.8, 4) is 5.75 Å². The van der Waals surface area contributed by atoms with Crippen molar-refractivity contribution in [3.63, 3.8) is 0 Å². The second-order valence-corrected chi connectivity index (χ2v) is 5.29. The van der Waals surface area contributed by atoms with Gasteiger partial charge in [-0.25, -0.2) is 0 Å². The van der Waals surface area contributed by atoms with Crippen LogP contribution in [0.15, 0.2) is 42.5 Å². The molecule has 1 unspecified atom stereocenters. The van der Waals surface area contributed by atoms with Gasteiger partial charge in [-0.3, -0.25) is 0 Å². The smallest absolute Gasteiger partial charge is 0.121 e. The van der Waals surface area contributed by atoms with Crippen molar-refractivity contribution in [2.45, 2.75) is 26.2 Å². The number of ether oxygens (including phenoxy) is 1. The van der Waals surface area contributed by atoms with Crippen LogP contribution in [-0.2, 0) is 6.42 Å². The average Bonchev–Trinajstić information content (AvgIpc) is 2.46. The summed E-state index contributed by atoms with van der Waals surface area (Å²) in [5, 5.41) is 0. The number of hydrogen-bond donors (Lipinski definition) is 1. The lowest BCUT2D eigenvalue weighted by Crippen LogP contribution is -2.15. The Balaban J connectivity index is 2.24. The minimum Gasteiger partial charge on any atom is -0.496 e. The molecular formula is C18H23NO. The summed E-state index contributed by atoms with van der Waals surface area (Å²) in [4.78, 5) is 0. The van der Waals surface area contributed by atoms with Crippen LogP contribution in [0.3, 0.4) is 0 Å². The molecule has 0 aromatic heterocycles. The fourth-order valence-corrected chi connectivity index (χ4v) is 2.60. The number of methoxy groups -OCH3 is 1. The monoisotopic (exact) mass is 269 g/mol. The largest absolute Gasteiger partial charge is 0.496 e. The Morgan fingerprint density at radius 3 is 2.40 bits per heavy atom. The highest BCUT2D eigenvalue weighted by molar-refractivity contribution is 5.38. The Bertz CT molecular complexity index is 577. The van der Waals surface area contributed by atoms with Gasteiger partial charge >= 0.3 is 0 Å². The second-order valence-electron chi connectivity index (χ2n) is 5.29. The topological polar surface area (TPSA) is 35.2 Å². The molecule has 2 aromatic rings. The van der Waals surface area contributed by atoms with E-state index in [4.69, 9.17) is 10.5 Å². The molecule has 20 heavy (non-hydrogen) atoms. The highest BCUT2D eigenvalue weighted by atomic mass is 16.5. The van der Waals surface area contributed by atoms with Gasteiger partial charge in [-0.1, -0.05) is 36.4 Å². The molecule has 0 aliphatic rings. The standard InChI is InChI=1S/C18H23NO/c1-13-6-4-5-7-15(13)11-17(12-19)16-8-9-18(20-3)14(2)10-16/h4-10,17H,11-12,19H2,1-3H3. The van der Waals surface area contributed by atoms with E-state index >= 15 is 0 Å². The van der Waals surface area contributed by atoms with Crippen molar-refractivity contribution in [1.29, 1.82) is 0 Å². The molecule has 0 saturated carbocycles. The summed E-state index contributed by atoms with van der Waals surface area (Å²) in [5.74, 6) is 1.28. The molecule has 2 heteroatoms. The van der Waals surface area contributed by atoms with Gasteiger partial charge in [0, 0.05) is 5.92 Å². The summed E-state index contributed by atoms with van der Waals surface area (Å²) in [6, 6.07) is 14.9. The Kier molecular flexibility index (Phi) is 4.80. The number of benzene rings is 2. The number of hydrogen-bond acceptors (Lipinski definition) is 2. The maximum absolute atomic E-state index is 5.99. The molecule has 0 radical (unpaired) electrons. The van der Waals surface area contributed by atoms with E-state index in [9.17, 15) is 0 Å². The van der Waals surface area contributed by atoms with E-state index < -0.39 is 0 Å². The van der Waals surface area contributed by atoms with Gasteiger partial charge in [-0.05, 0) is 55.1 Å². The molecule has 0 heterocycles. The van der Waals surface area contributed by atoms with E-state index in [-0.39, 0.29) is 0 Å². The number of nitrogens with two attached hydrogens (primary N) is 1. The van der Waals surface area contributed by atoms with E-state index in [1.165, 1.54) is 16.7 Å². The Hall–Kier alpha value is -1.80. The Labute approximate surface area is 121 Å². The molecule has 0 fully saturated rings. The van der Waals surface area contributed by atoms with Crippen molar-refractivity contribution in [2.75, 3.05) is 13.7 Å².